The van der Waals surface area contributed by atoms with E-state index in [2.05, 4.69) is 27.3 Å². The Hall–Kier alpha value is -0.0300. The molecule has 0 aliphatic rings. The maximum Gasteiger partial charge on any atom is 0.0610 e. The van der Waals surface area contributed by atoms with Crippen molar-refractivity contribution in [2.75, 3.05) is 19.4 Å². The molecule has 1 aromatic rings. The quantitative estimate of drug-likeness (QED) is 0.793. The van der Waals surface area contributed by atoms with Gasteiger partial charge in [-0.2, -0.15) is 0 Å². The Bertz CT molecular complexity index is 329. The molecule has 2 N–H and O–H groups in total. The van der Waals surface area contributed by atoms with Gasteiger partial charge in [-0.25, -0.2) is 0 Å². The minimum atomic E-state index is -0.172. The second-order valence-electron chi connectivity index (χ2n) is 4.00. The van der Waals surface area contributed by atoms with Gasteiger partial charge < -0.3 is 10.4 Å². The van der Waals surface area contributed by atoms with E-state index in [0.29, 0.717) is 0 Å². The Morgan fingerprint density at radius 1 is 1.44 bits per heavy atom. The molecule has 0 aromatic heterocycles. The van der Waals surface area contributed by atoms with E-state index >= 15 is 0 Å². The molecule has 0 aliphatic carbocycles. The molecular formula is C12H18BrNOS. The largest absolute Gasteiger partial charge is 0.394 e. The van der Waals surface area contributed by atoms with Crippen LogP contribution in [0.25, 0.3) is 0 Å². The Balaban J connectivity index is 2.44. The lowest BCUT2D eigenvalue weighted by molar-refractivity contribution is 0.179. The fourth-order valence-electron chi connectivity index (χ4n) is 1.23. The number of rotatable bonds is 6. The van der Waals surface area contributed by atoms with E-state index in [9.17, 15) is 5.11 Å². The van der Waals surface area contributed by atoms with Crippen LogP contribution in [-0.4, -0.2) is 30.1 Å². The molecule has 0 fully saturated rings. The fourth-order valence-corrected chi connectivity index (χ4v) is 3.01. The third kappa shape index (κ3) is 4.09. The van der Waals surface area contributed by atoms with Gasteiger partial charge in [-0.1, -0.05) is 12.1 Å². The average Bonchev–Trinajstić information content (AvgIpc) is 2.31. The number of hydrogen-bond donors (Lipinski definition) is 2. The highest BCUT2D eigenvalue weighted by atomic mass is 79.9. The Labute approximate surface area is 110 Å². The van der Waals surface area contributed by atoms with Crippen LogP contribution >= 0.6 is 27.7 Å². The minimum absolute atomic E-state index is 0.167. The van der Waals surface area contributed by atoms with Gasteiger partial charge >= 0.3 is 0 Å². The summed E-state index contributed by atoms with van der Waals surface area (Å²) < 4.78 is 1.13. The second-order valence-corrected chi connectivity index (χ2v) is 5.99. The highest BCUT2D eigenvalue weighted by Gasteiger charge is 2.20. The van der Waals surface area contributed by atoms with Crippen molar-refractivity contribution < 1.29 is 5.11 Å². The number of aliphatic hydroxyl groups is 1. The first-order valence-electron chi connectivity index (χ1n) is 5.28. The molecule has 1 rings (SSSR count). The van der Waals surface area contributed by atoms with Gasteiger partial charge in [0.05, 0.1) is 6.61 Å². The van der Waals surface area contributed by atoms with Gasteiger partial charge in [-0.3, -0.25) is 0 Å². The third-order valence-corrected chi connectivity index (χ3v) is 4.73. The zero-order chi connectivity index (χ0) is 12.0. The highest BCUT2D eigenvalue weighted by Crippen LogP contribution is 2.28. The molecule has 0 amide bonds. The van der Waals surface area contributed by atoms with Crippen molar-refractivity contribution in [3.8, 4) is 0 Å². The Morgan fingerprint density at radius 3 is 2.69 bits per heavy atom. The molecule has 1 atom stereocenters. The van der Waals surface area contributed by atoms with Crippen molar-refractivity contribution in [1.29, 1.82) is 0 Å². The molecule has 0 saturated carbocycles. The monoisotopic (exact) mass is 303 g/mol. The van der Waals surface area contributed by atoms with Gasteiger partial charge in [0.25, 0.3) is 0 Å². The minimum Gasteiger partial charge on any atom is -0.394 e. The van der Waals surface area contributed by atoms with Crippen LogP contribution in [0.5, 0.6) is 0 Å². The lowest BCUT2D eigenvalue weighted by Crippen LogP contribution is -2.43. The number of likely N-dealkylation sites (N-methyl/N-ethyl adjacent to an activating group) is 1. The normalized spacial score (nSPS) is 14.8. The first-order valence-corrected chi connectivity index (χ1v) is 7.06. The van der Waals surface area contributed by atoms with Crippen molar-refractivity contribution in [3.63, 3.8) is 0 Å². The summed E-state index contributed by atoms with van der Waals surface area (Å²) >= 11 is 5.33. The van der Waals surface area contributed by atoms with Crippen LogP contribution in [0.4, 0.5) is 0 Å². The summed E-state index contributed by atoms with van der Waals surface area (Å²) in [5, 5.41) is 12.4. The maximum absolute atomic E-state index is 9.26. The average molecular weight is 304 g/mol. The SMILES string of the molecule is CNC(C)(CO)CCSc1ccccc1Br. The van der Waals surface area contributed by atoms with Crippen LogP contribution in [0.3, 0.4) is 0 Å². The first kappa shape index (κ1) is 14.0. The Kier molecular flexibility index (Phi) is 5.83. The number of hydrogen-bond acceptors (Lipinski definition) is 3. The lowest BCUT2D eigenvalue weighted by atomic mass is 10.0. The molecular weight excluding hydrogens is 286 g/mol. The second kappa shape index (κ2) is 6.64. The van der Waals surface area contributed by atoms with E-state index in [1.165, 1.54) is 4.90 Å². The van der Waals surface area contributed by atoms with E-state index in [1.807, 2.05) is 32.2 Å². The summed E-state index contributed by atoms with van der Waals surface area (Å²) in [6, 6.07) is 8.20. The number of aliphatic hydroxyl groups excluding tert-OH is 1. The smallest absolute Gasteiger partial charge is 0.0610 e. The molecule has 0 aliphatic heterocycles. The molecule has 16 heavy (non-hydrogen) atoms. The van der Waals surface area contributed by atoms with E-state index in [4.69, 9.17) is 0 Å². The van der Waals surface area contributed by atoms with Crippen LogP contribution in [0.2, 0.25) is 0 Å². The van der Waals surface area contributed by atoms with Gasteiger partial charge in [0.15, 0.2) is 0 Å². The molecule has 0 spiro atoms. The molecule has 0 bridgehead atoms. The molecule has 1 aromatic carbocycles. The molecule has 2 nitrogen and oxygen atoms in total. The fraction of sp³-hybridized carbons (Fsp3) is 0.500. The summed E-state index contributed by atoms with van der Waals surface area (Å²) in [4.78, 5) is 1.25. The van der Waals surface area contributed by atoms with Crippen LogP contribution in [-0.2, 0) is 0 Å². The lowest BCUT2D eigenvalue weighted by Gasteiger charge is -2.26. The van der Waals surface area contributed by atoms with E-state index in [1.54, 1.807) is 11.8 Å². The number of nitrogens with one attached hydrogen (secondary N) is 1. The van der Waals surface area contributed by atoms with Crippen LogP contribution in [0.1, 0.15) is 13.3 Å². The predicted octanol–water partition coefficient (Wildman–Crippen LogP) is 2.90. The molecule has 90 valence electrons. The summed E-state index contributed by atoms with van der Waals surface area (Å²) in [5.74, 6) is 0.987. The topological polar surface area (TPSA) is 32.3 Å². The first-order chi connectivity index (χ1) is 7.61. The van der Waals surface area contributed by atoms with Gasteiger partial charge in [-0.05, 0) is 54.2 Å². The van der Waals surface area contributed by atoms with E-state index in [0.717, 1.165) is 16.6 Å². The van der Waals surface area contributed by atoms with Gasteiger partial charge in [-0.15, -0.1) is 11.8 Å². The summed E-state index contributed by atoms with van der Waals surface area (Å²) in [6.45, 7) is 2.20. The highest BCUT2D eigenvalue weighted by molar-refractivity contribution is 9.10. The van der Waals surface area contributed by atoms with Crippen molar-refractivity contribution in [1.82, 2.24) is 5.32 Å². The molecule has 0 heterocycles. The summed E-state index contributed by atoms with van der Waals surface area (Å²) in [5.41, 5.74) is -0.172. The van der Waals surface area contributed by atoms with Gasteiger partial charge in [0.2, 0.25) is 0 Å². The van der Waals surface area contributed by atoms with Crippen LogP contribution in [0.15, 0.2) is 33.6 Å². The zero-order valence-corrected chi connectivity index (χ0v) is 12.1. The van der Waals surface area contributed by atoms with Gasteiger partial charge in [0, 0.05) is 14.9 Å². The standard InChI is InChI=1S/C12H18BrNOS/c1-12(9-15,14-2)7-8-16-11-6-4-3-5-10(11)13/h3-6,14-15H,7-9H2,1-2H3. The molecule has 1 unspecified atom stereocenters. The van der Waals surface area contributed by atoms with Gasteiger partial charge in [0.1, 0.15) is 0 Å². The summed E-state index contributed by atoms with van der Waals surface area (Å²) in [6.07, 6.45) is 0.937. The molecule has 0 saturated heterocycles. The van der Waals surface area contributed by atoms with Crippen LogP contribution < -0.4 is 5.32 Å². The predicted molar refractivity (Wildman–Crippen MR) is 74.0 cm³/mol. The van der Waals surface area contributed by atoms with Crippen molar-refractivity contribution in [2.24, 2.45) is 0 Å². The van der Waals surface area contributed by atoms with Crippen LogP contribution in [0, 0.1) is 0 Å². The molecule has 0 radical (unpaired) electrons. The Morgan fingerprint density at radius 2 is 2.12 bits per heavy atom. The third-order valence-electron chi connectivity index (χ3n) is 2.70. The van der Waals surface area contributed by atoms with E-state index < -0.39 is 0 Å². The number of halogens is 1. The maximum atomic E-state index is 9.26. The summed E-state index contributed by atoms with van der Waals surface area (Å²) in [7, 11) is 1.89. The number of benzene rings is 1. The molecule has 4 heteroatoms. The zero-order valence-electron chi connectivity index (χ0n) is 9.66. The van der Waals surface area contributed by atoms with Crippen molar-refractivity contribution in [2.45, 2.75) is 23.8 Å². The number of thioether (sulfide) groups is 1. The van der Waals surface area contributed by atoms with Crippen molar-refractivity contribution >= 4 is 27.7 Å². The van der Waals surface area contributed by atoms with E-state index in [-0.39, 0.29) is 12.1 Å². The van der Waals surface area contributed by atoms with Crippen molar-refractivity contribution in [3.05, 3.63) is 28.7 Å².